The summed E-state index contributed by atoms with van der Waals surface area (Å²) < 4.78 is 7.14. The van der Waals surface area contributed by atoms with Crippen molar-refractivity contribution in [2.45, 2.75) is 31.7 Å². The number of piperazine rings is 1. The second kappa shape index (κ2) is 14.7. The molecule has 4 aromatic carbocycles. The van der Waals surface area contributed by atoms with Gasteiger partial charge < -0.3 is 24.5 Å². The van der Waals surface area contributed by atoms with E-state index in [-0.39, 0.29) is 5.91 Å². The summed E-state index contributed by atoms with van der Waals surface area (Å²) >= 11 is 20.1. The maximum atomic E-state index is 14.9. The van der Waals surface area contributed by atoms with Gasteiger partial charge in [-0.3, -0.25) is 9.69 Å². The zero-order chi connectivity index (χ0) is 37.8. The Kier molecular flexibility index (Phi) is 9.58. The largest absolute Gasteiger partial charge is 0.465 e. The van der Waals surface area contributed by atoms with E-state index in [4.69, 9.17) is 44.5 Å². The van der Waals surface area contributed by atoms with E-state index in [0.717, 1.165) is 77.8 Å². The molecule has 2 aromatic heterocycles. The van der Waals surface area contributed by atoms with E-state index in [1.807, 2.05) is 60.7 Å². The molecule has 6 aromatic rings. The molecule has 2 N–H and O–H groups in total. The number of imidazole rings is 1. The predicted molar refractivity (Wildman–Crippen MR) is 220 cm³/mol. The average Bonchev–Trinajstić information content (AvgIpc) is 3.96. The molecule has 280 valence electrons. The van der Waals surface area contributed by atoms with Crippen LogP contribution in [0.5, 0.6) is 0 Å². The highest BCUT2D eigenvalue weighted by atomic mass is 35.5. The Morgan fingerprint density at radius 2 is 1.67 bits per heavy atom. The molecule has 0 bridgehead atoms. The summed E-state index contributed by atoms with van der Waals surface area (Å²) in [5, 5.41) is 5.59. The number of esters is 1. The van der Waals surface area contributed by atoms with Crippen LogP contribution in [0.25, 0.3) is 33.4 Å². The maximum absolute atomic E-state index is 14.9. The van der Waals surface area contributed by atoms with Crippen LogP contribution in [0.3, 0.4) is 0 Å². The van der Waals surface area contributed by atoms with E-state index in [0.29, 0.717) is 43.1 Å². The van der Waals surface area contributed by atoms with Crippen LogP contribution in [-0.4, -0.2) is 71.1 Å². The van der Waals surface area contributed by atoms with Crippen molar-refractivity contribution in [2.75, 3.05) is 50.1 Å². The molecule has 4 heterocycles. The summed E-state index contributed by atoms with van der Waals surface area (Å²) in [4.78, 5) is 40.9. The van der Waals surface area contributed by atoms with Crippen LogP contribution < -0.4 is 10.2 Å². The van der Waals surface area contributed by atoms with Crippen LogP contribution in [0.2, 0.25) is 15.1 Å². The standard InChI is InChI=1S/C43H39Cl3N6O3/c1-55-43(54)27-11-14-35(51-17-15-50(16-18-51)23-25-7-5-6-8-25)33(19-27)49-42(53)39-37-36-31(20-29(45)22-34(36)48-39)40(30-13-12-28(44)21-32(30)46)52-24-47-38(41(37)52)26-9-3-2-4-10-26/h2-4,9-14,19-22,24-25,40,48H,5-8,15-18,23H2,1H3,(H,49,53)/t40-/m1/s1. The van der Waals surface area contributed by atoms with Crippen molar-refractivity contribution in [3.05, 3.63) is 123 Å². The Morgan fingerprint density at radius 3 is 2.42 bits per heavy atom. The van der Waals surface area contributed by atoms with Crippen molar-refractivity contribution in [3.8, 4) is 22.5 Å². The summed E-state index contributed by atoms with van der Waals surface area (Å²) in [5.41, 5.74) is 7.52. The van der Waals surface area contributed by atoms with Crippen LogP contribution >= 0.6 is 34.8 Å². The van der Waals surface area contributed by atoms with Gasteiger partial charge in [-0.2, -0.15) is 0 Å². The van der Waals surface area contributed by atoms with Gasteiger partial charge in [-0.25, -0.2) is 9.78 Å². The zero-order valence-corrected chi connectivity index (χ0v) is 32.5. The van der Waals surface area contributed by atoms with Crippen molar-refractivity contribution < 1.29 is 14.3 Å². The Labute approximate surface area is 334 Å². The molecule has 1 saturated carbocycles. The second-order valence-electron chi connectivity index (χ2n) is 14.7. The lowest BCUT2D eigenvalue weighted by atomic mass is 9.87. The molecule has 2 aliphatic heterocycles. The maximum Gasteiger partial charge on any atom is 0.337 e. The normalized spacial score (nSPS) is 17.1. The number of ether oxygens (including phenoxy) is 1. The molecule has 1 aliphatic carbocycles. The minimum Gasteiger partial charge on any atom is -0.465 e. The van der Waals surface area contributed by atoms with Gasteiger partial charge in [0, 0.05) is 69.8 Å². The van der Waals surface area contributed by atoms with Crippen molar-refractivity contribution in [1.29, 1.82) is 0 Å². The number of carbonyl (C=O) groups excluding carboxylic acids is 2. The molecule has 1 saturated heterocycles. The van der Waals surface area contributed by atoms with E-state index in [2.05, 4.69) is 24.7 Å². The Balaban J connectivity index is 1.15. The first-order chi connectivity index (χ1) is 26.8. The Morgan fingerprint density at radius 1 is 0.891 bits per heavy atom. The van der Waals surface area contributed by atoms with Crippen LogP contribution in [-0.2, 0) is 4.74 Å². The second-order valence-corrected chi connectivity index (χ2v) is 16.0. The zero-order valence-electron chi connectivity index (χ0n) is 30.2. The molecule has 3 aliphatic rings. The molecule has 12 heteroatoms. The number of nitrogens with zero attached hydrogens (tertiary/aromatic N) is 4. The van der Waals surface area contributed by atoms with Crippen molar-refractivity contribution in [1.82, 2.24) is 19.4 Å². The van der Waals surface area contributed by atoms with E-state index in [9.17, 15) is 9.59 Å². The number of nitrogens with one attached hydrogen (secondary N) is 2. The van der Waals surface area contributed by atoms with Crippen LogP contribution in [0.15, 0.2) is 85.2 Å². The van der Waals surface area contributed by atoms with Gasteiger partial charge in [-0.1, -0.05) is 84.0 Å². The first kappa shape index (κ1) is 35.9. The van der Waals surface area contributed by atoms with Gasteiger partial charge in [0.25, 0.3) is 5.91 Å². The summed E-state index contributed by atoms with van der Waals surface area (Å²) in [5.74, 6) is -0.0662. The quantitative estimate of drug-likeness (QED) is 0.149. The summed E-state index contributed by atoms with van der Waals surface area (Å²) in [6.45, 7) is 4.62. The highest BCUT2D eigenvalue weighted by Gasteiger charge is 2.37. The number of H-pyrrole nitrogens is 1. The monoisotopic (exact) mass is 792 g/mol. The number of benzene rings is 4. The smallest absolute Gasteiger partial charge is 0.337 e. The van der Waals surface area contributed by atoms with Gasteiger partial charge in [0.2, 0.25) is 0 Å². The fourth-order valence-electron chi connectivity index (χ4n) is 8.82. The summed E-state index contributed by atoms with van der Waals surface area (Å²) in [6, 6.07) is 24.1. The first-order valence-electron chi connectivity index (χ1n) is 18.7. The number of halogens is 3. The number of methoxy groups -OCH3 is 1. The number of hydrogen-bond donors (Lipinski definition) is 2. The number of aromatic nitrogens is 3. The minimum absolute atomic E-state index is 0.342. The molecule has 9 rings (SSSR count). The van der Waals surface area contributed by atoms with Crippen LogP contribution in [0, 0.1) is 5.92 Å². The van der Waals surface area contributed by atoms with Crippen molar-refractivity contribution in [3.63, 3.8) is 0 Å². The van der Waals surface area contributed by atoms with E-state index < -0.39 is 12.0 Å². The summed E-state index contributed by atoms with van der Waals surface area (Å²) in [7, 11) is 1.36. The van der Waals surface area contributed by atoms with E-state index in [1.54, 1.807) is 24.5 Å². The predicted octanol–water partition coefficient (Wildman–Crippen LogP) is 9.96. The van der Waals surface area contributed by atoms with Crippen LogP contribution in [0.1, 0.15) is 63.7 Å². The van der Waals surface area contributed by atoms with Crippen molar-refractivity contribution in [2.24, 2.45) is 5.92 Å². The lowest BCUT2D eigenvalue weighted by Crippen LogP contribution is -2.47. The number of carbonyl (C=O) groups is 2. The molecule has 55 heavy (non-hydrogen) atoms. The number of anilines is 2. The van der Waals surface area contributed by atoms with Gasteiger partial charge in [-0.15, -0.1) is 0 Å². The topological polar surface area (TPSA) is 95.5 Å². The summed E-state index contributed by atoms with van der Waals surface area (Å²) in [6.07, 6.45) is 7.09. The lowest BCUT2D eigenvalue weighted by molar-refractivity contribution is 0.0600. The average molecular weight is 794 g/mol. The van der Waals surface area contributed by atoms with E-state index >= 15 is 0 Å². The molecular weight excluding hydrogens is 755 g/mol. The number of hydrogen-bond acceptors (Lipinski definition) is 6. The Hall–Kier alpha value is -4.80. The molecule has 0 unspecified atom stereocenters. The fraction of sp³-hybridized carbons (Fsp3) is 0.279. The highest BCUT2D eigenvalue weighted by Crippen LogP contribution is 2.51. The van der Waals surface area contributed by atoms with Gasteiger partial charge in [0.05, 0.1) is 47.8 Å². The van der Waals surface area contributed by atoms with E-state index in [1.165, 1.54) is 32.8 Å². The SMILES string of the molecule is COC(=O)c1ccc(N2CCN(CC3CCCC3)CC2)c(NC(=O)c2[nH]c3cc(Cl)cc4c3c2-c2c(-c3ccccc3)ncn2[C@@H]4c2ccc(Cl)cc2Cl)c1. The Bertz CT molecular complexity index is 2450. The molecule has 2 fully saturated rings. The number of rotatable bonds is 8. The molecule has 0 radical (unpaired) electrons. The van der Waals surface area contributed by atoms with Gasteiger partial charge >= 0.3 is 5.97 Å². The molecule has 9 nitrogen and oxygen atoms in total. The third-order valence-corrected chi connectivity index (χ3v) is 12.2. The lowest BCUT2D eigenvalue weighted by Gasteiger charge is -2.38. The van der Waals surface area contributed by atoms with Gasteiger partial charge in [0.15, 0.2) is 0 Å². The number of amides is 1. The van der Waals surface area contributed by atoms with Gasteiger partial charge in [0.1, 0.15) is 5.69 Å². The third kappa shape index (κ3) is 6.57. The highest BCUT2D eigenvalue weighted by molar-refractivity contribution is 6.35. The number of aromatic amines is 1. The first-order valence-corrected chi connectivity index (χ1v) is 19.8. The molecular formula is C43H39Cl3N6O3. The third-order valence-electron chi connectivity index (χ3n) is 11.4. The molecule has 0 spiro atoms. The molecule has 1 atom stereocenters. The fourth-order valence-corrected chi connectivity index (χ4v) is 9.56. The van der Waals surface area contributed by atoms with Crippen LogP contribution in [0.4, 0.5) is 11.4 Å². The van der Waals surface area contributed by atoms with Crippen molar-refractivity contribution >= 4 is 69.0 Å². The molecule has 1 amide bonds. The minimum atomic E-state index is -0.480. The number of fused-ring (bicyclic) bond motifs is 2. The van der Waals surface area contributed by atoms with Gasteiger partial charge in [-0.05, 0) is 72.4 Å².